The topological polar surface area (TPSA) is 35.9 Å². The molecule has 0 fully saturated rings. The fourth-order valence-corrected chi connectivity index (χ4v) is 7.32. The van der Waals surface area contributed by atoms with Gasteiger partial charge in [0.05, 0.1) is 28.1 Å². The van der Waals surface area contributed by atoms with E-state index in [9.17, 15) is 0 Å². The molecule has 0 saturated heterocycles. The lowest BCUT2D eigenvalue weighted by Crippen LogP contribution is -2.28. The third-order valence-corrected chi connectivity index (χ3v) is 10.5. The summed E-state index contributed by atoms with van der Waals surface area (Å²) in [4.78, 5) is 4.88. The smallest absolute Gasteiger partial charge is 0.269 e. The van der Waals surface area contributed by atoms with Crippen LogP contribution in [0.25, 0.3) is 50.1 Å². The molecule has 55 heavy (non-hydrogen) atoms. The van der Waals surface area contributed by atoms with Crippen molar-refractivity contribution in [2.24, 2.45) is 0 Å². The van der Waals surface area contributed by atoms with Crippen molar-refractivity contribution >= 4 is 21.8 Å². The van der Waals surface area contributed by atoms with Crippen LogP contribution in [0.4, 0.5) is 0 Å². The number of para-hydroxylation sites is 1. The average molecular weight is 723 g/mol. The zero-order chi connectivity index (χ0) is 38.7. The Morgan fingerprint density at radius 3 is 1.96 bits per heavy atom. The van der Waals surface area contributed by atoms with E-state index >= 15 is 0 Å². The number of rotatable bonds is 6. The van der Waals surface area contributed by atoms with Crippen molar-refractivity contribution in [2.45, 2.75) is 78.6 Å². The van der Waals surface area contributed by atoms with Gasteiger partial charge < -0.3 is 4.74 Å². The van der Waals surface area contributed by atoms with Gasteiger partial charge in [0.1, 0.15) is 17.3 Å². The van der Waals surface area contributed by atoms with E-state index in [1.807, 2.05) is 6.20 Å². The van der Waals surface area contributed by atoms with Crippen molar-refractivity contribution in [1.29, 1.82) is 0 Å². The second kappa shape index (κ2) is 13.4. The van der Waals surface area contributed by atoms with Gasteiger partial charge in [0, 0.05) is 29.2 Å². The summed E-state index contributed by atoms with van der Waals surface area (Å²) in [5.74, 6) is 2.39. The first-order chi connectivity index (χ1) is 26.1. The van der Waals surface area contributed by atoms with Crippen LogP contribution in [0.1, 0.15) is 79.1 Å². The zero-order valence-electron chi connectivity index (χ0n) is 33.5. The first-order valence-electron chi connectivity index (χ1n) is 19.2. The minimum Gasteiger partial charge on any atom is -0.458 e. The Balaban J connectivity index is 1.26. The molecule has 0 aliphatic heterocycles. The SMILES string of the molecule is CC(C)(C)c1ccc(-[n+]2[c-]n(-c3cc(Oc4ccc5c6ccccc6n(-c6cc(C(C)(C)C)ccn6)c5c4)cc(-c4ccccc4)c3)c(C(C)(C)C)c2)cc1. The highest BCUT2D eigenvalue weighted by molar-refractivity contribution is 6.09. The highest BCUT2D eigenvalue weighted by Gasteiger charge is 2.24. The van der Waals surface area contributed by atoms with E-state index in [0.29, 0.717) is 0 Å². The number of nitrogens with zero attached hydrogens (tertiary/aromatic N) is 4. The molecule has 0 spiro atoms. The van der Waals surface area contributed by atoms with Crippen LogP contribution in [-0.2, 0) is 16.2 Å². The molecule has 0 unspecified atom stereocenters. The van der Waals surface area contributed by atoms with Crippen LogP contribution < -0.4 is 9.30 Å². The fraction of sp³-hybridized carbons (Fsp3) is 0.240. The largest absolute Gasteiger partial charge is 0.458 e. The molecule has 0 aliphatic carbocycles. The maximum absolute atomic E-state index is 6.87. The molecule has 0 amide bonds. The van der Waals surface area contributed by atoms with Gasteiger partial charge in [-0.25, -0.2) is 4.98 Å². The fourth-order valence-electron chi connectivity index (χ4n) is 7.32. The van der Waals surface area contributed by atoms with E-state index in [2.05, 4.69) is 216 Å². The summed E-state index contributed by atoms with van der Waals surface area (Å²) in [5.41, 5.74) is 9.98. The number of ether oxygens (including phenoxy) is 1. The molecule has 0 aliphatic rings. The van der Waals surface area contributed by atoms with Gasteiger partial charge >= 0.3 is 0 Å². The molecule has 5 nitrogen and oxygen atoms in total. The number of hydrogen-bond acceptors (Lipinski definition) is 2. The minimum atomic E-state index is -0.159. The molecule has 3 heterocycles. The van der Waals surface area contributed by atoms with Crippen LogP contribution in [-0.4, -0.2) is 14.1 Å². The van der Waals surface area contributed by atoms with Gasteiger partial charge in [-0.2, -0.15) is 0 Å². The Labute approximate surface area is 325 Å². The summed E-state index contributed by atoms with van der Waals surface area (Å²) in [6.45, 7) is 20.2. The molecule has 8 rings (SSSR count). The molecule has 8 aromatic rings. The van der Waals surface area contributed by atoms with Gasteiger partial charge in [-0.1, -0.05) is 123 Å². The quantitative estimate of drug-likeness (QED) is 0.127. The van der Waals surface area contributed by atoms with Gasteiger partial charge in [0.2, 0.25) is 0 Å². The van der Waals surface area contributed by atoms with Crippen molar-refractivity contribution < 1.29 is 9.30 Å². The van der Waals surface area contributed by atoms with E-state index in [1.165, 1.54) is 16.5 Å². The van der Waals surface area contributed by atoms with E-state index in [1.54, 1.807) is 0 Å². The van der Waals surface area contributed by atoms with E-state index in [0.717, 1.165) is 61.9 Å². The second-order valence-corrected chi connectivity index (χ2v) is 17.7. The van der Waals surface area contributed by atoms with E-state index in [-0.39, 0.29) is 16.2 Å². The van der Waals surface area contributed by atoms with Gasteiger partial charge in [-0.3, -0.25) is 13.7 Å². The molecular weight excluding hydrogens is 673 g/mol. The van der Waals surface area contributed by atoms with Gasteiger partial charge in [-0.15, -0.1) is 0 Å². The van der Waals surface area contributed by atoms with Gasteiger partial charge in [-0.05, 0) is 99.2 Å². The van der Waals surface area contributed by atoms with E-state index in [4.69, 9.17) is 9.72 Å². The summed E-state index contributed by atoms with van der Waals surface area (Å²) in [6.07, 6.45) is 7.82. The number of aromatic nitrogens is 4. The predicted octanol–water partition coefficient (Wildman–Crippen LogP) is 12.4. The molecule has 0 N–H and O–H groups in total. The molecule has 5 heteroatoms. The van der Waals surface area contributed by atoms with Crippen LogP contribution >= 0.6 is 0 Å². The van der Waals surface area contributed by atoms with Gasteiger partial charge in [0.25, 0.3) is 6.33 Å². The maximum atomic E-state index is 6.87. The van der Waals surface area contributed by atoms with Crippen LogP contribution in [0.3, 0.4) is 0 Å². The van der Waals surface area contributed by atoms with Crippen molar-refractivity contribution in [3.8, 4) is 39.8 Å². The third kappa shape index (κ3) is 7.07. The first-order valence-corrected chi connectivity index (χ1v) is 19.2. The monoisotopic (exact) mass is 722 g/mol. The van der Waals surface area contributed by atoms with Crippen LogP contribution in [0.5, 0.6) is 11.5 Å². The summed E-state index contributed by atoms with van der Waals surface area (Å²) in [5, 5.41) is 2.33. The average Bonchev–Trinajstić information content (AvgIpc) is 3.75. The standard InChI is InChI=1S/C50H50N4O/c1-48(2,3)36-19-21-38(22-20-36)52-32-46(50(7,8)9)53(33-52)39-27-35(34-15-11-10-12-16-34)28-41(30-39)55-40-23-24-43-42-17-13-14-18-44(42)54(45(43)31-40)47-29-37(25-26-51-47)49(4,5)6/h10-32H,1-9H3. The normalized spacial score (nSPS) is 12.5. The van der Waals surface area contributed by atoms with Crippen LogP contribution in [0, 0.1) is 6.33 Å². The third-order valence-electron chi connectivity index (χ3n) is 10.5. The van der Waals surface area contributed by atoms with Gasteiger partial charge in [0.15, 0.2) is 0 Å². The number of hydrogen-bond donors (Lipinski definition) is 0. The predicted molar refractivity (Wildman–Crippen MR) is 226 cm³/mol. The second-order valence-electron chi connectivity index (χ2n) is 17.7. The Hall–Kier alpha value is -5.94. The Morgan fingerprint density at radius 2 is 1.25 bits per heavy atom. The van der Waals surface area contributed by atoms with Crippen molar-refractivity contribution in [1.82, 2.24) is 14.1 Å². The Bertz CT molecular complexity index is 2660. The molecule has 3 aromatic heterocycles. The molecular formula is C50H50N4O. The molecule has 0 radical (unpaired) electrons. The van der Waals surface area contributed by atoms with Crippen LogP contribution in [0.2, 0.25) is 0 Å². The van der Waals surface area contributed by atoms with Crippen molar-refractivity contribution in [3.63, 3.8) is 0 Å². The zero-order valence-corrected chi connectivity index (χ0v) is 33.5. The summed E-state index contributed by atoms with van der Waals surface area (Å²) >= 11 is 0. The van der Waals surface area contributed by atoms with Crippen molar-refractivity contribution in [2.75, 3.05) is 0 Å². The van der Waals surface area contributed by atoms with E-state index < -0.39 is 0 Å². The number of imidazole rings is 1. The summed E-state index contributed by atoms with van der Waals surface area (Å²) < 4.78 is 13.4. The number of fused-ring (bicyclic) bond motifs is 3. The van der Waals surface area contributed by atoms with Crippen molar-refractivity contribution in [3.05, 3.63) is 163 Å². The Kier molecular flexibility index (Phi) is 8.80. The molecule has 0 bridgehead atoms. The maximum Gasteiger partial charge on any atom is 0.269 e. The molecule has 5 aromatic carbocycles. The molecule has 276 valence electrons. The van der Waals surface area contributed by atoms with Crippen LogP contribution in [0.15, 0.2) is 140 Å². The first kappa shape index (κ1) is 36.1. The number of pyridine rings is 1. The molecule has 0 atom stereocenters. The highest BCUT2D eigenvalue weighted by atomic mass is 16.5. The lowest BCUT2D eigenvalue weighted by molar-refractivity contribution is -0.599. The molecule has 0 saturated carbocycles. The minimum absolute atomic E-state index is 0.00758. The lowest BCUT2D eigenvalue weighted by Gasteiger charge is -2.21. The Morgan fingerprint density at radius 1 is 0.564 bits per heavy atom. The summed E-state index contributed by atoms with van der Waals surface area (Å²) in [7, 11) is 0. The lowest BCUT2D eigenvalue weighted by atomic mass is 9.87. The number of benzene rings is 5. The summed E-state index contributed by atoms with van der Waals surface area (Å²) in [6, 6.07) is 45.1. The highest BCUT2D eigenvalue weighted by Crippen LogP contribution is 2.38.